The number of hydrogen-bond acceptors (Lipinski definition) is 1. The van der Waals surface area contributed by atoms with Gasteiger partial charge in [-0.05, 0) is 0 Å². The fraction of sp³-hybridized carbons (Fsp3) is 0.714. The molecule has 0 saturated heterocycles. The van der Waals surface area contributed by atoms with E-state index in [4.69, 9.17) is 11.6 Å². The Morgan fingerprint density at radius 2 is 1.67 bits per heavy atom. The highest BCUT2D eigenvalue weighted by Gasteiger charge is 2.06. The predicted molar refractivity (Wildman–Crippen MR) is 50.5 cm³/mol. The number of rotatable bonds is 1. The first-order valence-corrected chi connectivity index (χ1v) is 4.04. The third-order valence-corrected chi connectivity index (χ3v) is 1.37. The number of hydrogen-bond donors (Lipinski definition) is 0. The van der Waals surface area contributed by atoms with Crippen LogP contribution in [0.4, 0.5) is 0 Å². The van der Waals surface area contributed by atoms with Gasteiger partial charge in [-0.3, -0.25) is 4.79 Å². The summed E-state index contributed by atoms with van der Waals surface area (Å²) in [4.78, 5) is 18.2. The number of guanidine groups is 1. The highest BCUT2D eigenvalue weighted by Crippen LogP contribution is 1.90. The number of carbonyl (C=O) groups excluding carboxylic acids is 1. The summed E-state index contributed by atoms with van der Waals surface area (Å²) in [6.45, 7) is 0. The number of amides is 1. The van der Waals surface area contributed by atoms with Crippen molar-refractivity contribution in [1.82, 2.24) is 9.80 Å². The highest BCUT2D eigenvalue weighted by atomic mass is 35.5. The van der Waals surface area contributed by atoms with Crippen molar-refractivity contribution in [3.05, 3.63) is 0 Å². The number of carbonyl (C=O) groups is 1. The van der Waals surface area contributed by atoms with E-state index in [-0.39, 0.29) is 11.8 Å². The Morgan fingerprint density at radius 1 is 1.25 bits per heavy atom. The molecule has 1 amide bonds. The molecule has 0 aromatic carbocycles. The first-order chi connectivity index (χ1) is 5.49. The van der Waals surface area contributed by atoms with Gasteiger partial charge < -0.3 is 9.80 Å². The first kappa shape index (κ1) is 11.2. The van der Waals surface area contributed by atoms with E-state index in [1.165, 1.54) is 0 Å². The van der Waals surface area contributed by atoms with Crippen LogP contribution in [0.2, 0.25) is 0 Å². The minimum absolute atomic E-state index is 0.0782. The molecule has 12 heavy (non-hydrogen) atoms. The minimum Gasteiger partial charge on any atom is -0.349 e. The lowest BCUT2D eigenvalue weighted by molar-refractivity contribution is -0.115. The van der Waals surface area contributed by atoms with E-state index >= 15 is 0 Å². The Morgan fingerprint density at radius 3 is 1.92 bits per heavy atom. The maximum atomic E-state index is 10.9. The van der Waals surface area contributed by atoms with E-state index in [0.717, 1.165) is 0 Å². The first-order valence-electron chi connectivity index (χ1n) is 3.51. The molecule has 0 aliphatic heterocycles. The average molecular weight is 192 g/mol. The lowest BCUT2D eigenvalue weighted by atomic mass is 10.6. The molecule has 0 bridgehead atoms. The van der Waals surface area contributed by atoms with Crippen molar-refractivity contribution in [2.24, 2.45) is 4.99 Å². The molecule has 0 N–H and O–H groups in total. The molecule has 70 valence electrons. The summed E-state index contributed by atoms with van der Waals surface area (Å²) in [5.41, 5.74) is 0. The van der Waals surface area contributed by atoms with Crippen LogP contribution < -0.4 is 0 Å². The molecule has 4 nitrogen and oxygen atoms in total. The van der Waals surface area contributed by atoms with Crippen LogP contribution in [0.25, 0.3) is 0 Å². The SMILES string of the molecule is CN(C)C(=NC(=O)CCl)N(C)C. The van der Waals surface area contributed by atoms with E-state index in [0.29, 0.717) is 5.96 Å². The van der Waals surface area contributed by atoms with E-state index in [9.17, 15) is 4.79 Å². The molecule has 0 spiro atoms. The van der Waals surface area contributed by atoms with Crippen LogP contribution in [0, 0.1) is 0 Å². The normalized spacial score (nSPS) is 9.08. The third kappa shape index (κ3) is 3.57. The van der Waals surface area contributed by atoms with Gasteiger partial charge in [-0.2, -0.15) is 4.99 Å². The molecule has 0 heterocycles. The topological polar surface area (TPSA) is 35.9 Å². The van der Waals surface area contributed by atoms with Gasteiger partial charge in [-0.25, -0.2) is 0 Å². The Kier molecular flexibility index (Phi) is 4.66. The van der Waals surface area contributed by atoms with Gasteiger partial charge in [0.2, 0.25) is 5.96 Å². The summed E-state index contributed by atoms with van der Waals surface area (Å²) in [7, 11) is 7.28. The van der Waals surface area contributed by atoms with Gasteiger partial charge in [0.1, 0.15) is 5.88 Å². The zero-order valence-electron chi connectivity index (χ0n) is 7.83. The molecule has 0 rings (SSSR count). The zero-order valence-corrected chi connectivity index (χ0v) is 8.59. The van der Waals surface area contributed by atoms with Crippen molar-refractivity contribution in [1.29, 1.82) is 0 Å². The molecule has 0 fully saturated rings. The van der Waals surface area contributed by atoms with Gasteiger partial charge in [0.15, 0.2) is 0 Å². The maximum Gasteiger partial charge on any atom is 0.263 e. The van der Waals surface area contributed by atoms with Crippen molar-refractivity contribution >= 4 is 23.5 Å². The van der Waals surface area contributed by atoms with Gasteiger partial charge in [0.05, 0.1) is 0 Å². The zero-order chi connectivity index (χ0) is 9.72. The number of aliphatic imine (C=N–C) groups is 1. The smallest absolute Gasteiger partial charge is 0.263 e. The Labute approximate surface area is 77.8 Å². The van der Waals surface area contributed by atoms with Gasteiger partial charge in [-0.1, -0.05) is 0 Å². The van der Waals surface area contributed by atoms with Crippen LogP contribution in [0.5, 0.6) is 0 Å². The molecular formula is C7H14ClN3O. The summed E-state index contributed by atoms with van der Waals surface area (Å²) < 4.78 is 0. The summed E-state index contributed by atoms with van der Waals surface area (Å²) in [6.07, 6.45) is 0. The Balaban J connectivity index is 4.50. The van der Waals surface area contributed by atoms with Gasteiger partial charge >= 0.3 is 0 Å². The second-order valence-electron chi connectivity index (χ2n) is 2.73. The van der Waals surface area contributed by atoms with Crippen molar-refractivity contribution in [2.75, 3.05) is 34.1 Å². The van der Waals surface area contributed by atoms with E-state index in [1.807, 2.05) is 28.2 Å². The van der Waals surface area contributed by atoms with Gasteiger partial charge in [0, 0.05) is 28.2 Å². The maximum absolute atomic E-state index is 10.9. The molecule has 0 aliphatic carbocycles. The molecule has 0 aromatic heterocycles. The van der Waals surface area contributed by atoms with Crippen molar-refractivity contribution in [2.45, 2.75) is 0 Å². The third-order valence-electron chi connectivity index (χ3n) is 1.14. The number of halogens is 1. The second kappa shape index (κ2) is 4.98. The molecule has 5 heteroatoms. The molecule has 0 saturated carbocycles. The average Bonchev–Trinajstić information content (AvgIpc) is 1.98. The quantitative estimate of drug-likeness (QED) is 0.338. The highest BCUT2D eigenvalue weighted by molar-refractivity contribution is 6.28. The van der Waals surface area contributed by atoms with Crippen LogP contribution in [0.15, 0.2) is 4.99 Å². The number of nitrogens with zero attached hydrogens (tertiary/aromatic N) is 3. The van der Waals surface area contributed by atoms with Crippen LogP contribution >= 0.6 is 11.6 Å². The summed E-state index contributed by atoms with van der Waals surface area (Å²) in [6, 6.07) is 0. The fourth-order valence-electron chi connectivity index (χ4n) is 0.741. The standard InChI is InChI=1S/C7H14ClN3O/c1-10(2)7(11(3)4)9-6(12)5-8/h5H2,1-4H3. The van der Waals surface area contributed by atoms with Crippen LogP contribution in [0.1, 0.15) is 0 Å². The molecule has 0 aromatic rings. The van der Waals surface area contributed by atoms with Crippen LogP contribution in [-0.2, 0) is 4.79 Å². The van der Waals surface area contributed by atoms with Gasteiger partial charge in [0.25, 0.3) is 5.91 Å². The summed E-state index contributed by atoms with van der Waals surface area (Å²) >= 11 is 5.31. The Hall–Kier alpha value is -0.770. The second-order valence-corrected chi connectivity index (χ2v) is 3.00. The molecular weight excluding hydrogens is 178 g/mol. The molecule has 0 aliphatic rings. The monoisotopic (exact) mass is 191 g/mol. The minimum atomic E-state index is -0.325. The Bertz CT molecular complexity index is 179. The van der Waals surface area contributed by atoms with E-state index < -0.39 is 0 Å². The summed E-state index contributed by atoms with van der Waals surface area (Å²) in [5, 5.41) is 0. The molecule has 0 radical (unpaired) electrons. The van der Waals surface area contributed by atoms with E-state index in [2.05, 4.69) is 4.99 Å². The van der Waals surface area contributed by atoms with E-state index in [1.54, 1.807) is 9.80 Å². The molecule has 0 unspecified atom stereocenters. The van der Waals surface area contributed by atoms with Crippen LogP contribution in [-0.4, -0.2) is 55.7 Å². The van der Waals surface area contributed by atoms with Crippen molar-refractivity contribution in [3.8, 4) is 0 Å². The lowest BCUT2D eigenvalue weighted by Gasteiger charge is -2.21. The van der Waals surface area contributed by atoms with Gasteiger partial charge in [-0.15, -0.1) is 11.6 Å². The van der Waals surface area contributed by atoms with Crippen molar-refractivity contribution < 1.29 is 4.79 Å². The van der Waals surface area contributed by atoms with Crippen LogP contribution in [0.3, 0.4) is 0 Å². The molecule has 0 atom stereocenters. The number of alkyl halides is 1. The largest absolute Gasteiger partial charge is 0.349 e. The predicted octanol–water partition coefficient (Wildman–Crippen LogP) is 0.231. The summed E-state index contributed by atoms with van der Waals surface area (Å²) in [5.74, 6) is 0.195. The van der Waals surface area contributed by atoms with Crippen molar-refractivity contribution in [3.63, 3.8) is 0 Å². The fourth-order valence-corrected chi connectivity index (χ4v) is 0.801. The lowest BCUT2D eigenvalue weighted by Crippen LogP contribution is -2.36.